The van der Waals surface area contributed by atoms with Crippen LogP contribution < -0.4 is 5.32 Å². The molecule has 2 aliphatic rings. The first kappa shape index (κ1) is 12.7. The maximum atomic E-state index is 12.5. The minimum Gasteiger partial charge on any atom is -0.341 e. The lowest BCUT2D eigenvalue weighted by Gasteiger charge is -2.35. The monoisotopic (exact) mass is 262 g/mol. The molecule has 3 heterocycles. The second kappa shape index (κ2) is 5.74. The number of H-pyrrole nitrogens is 1. The van der Waals surface area contributed by atoms with Crippen LogP contribution >= 0.6 is 0 Å². The molecular weight excluding hydrogens is 240 g/mol. The summed E-state index contributed by atoms with van der Waals surface area (Å²) in [5.74, 6) is 0.715. The molecule has 3 rings (SSSR count). The van der Waals surface area contributed by atoms with E-state index in [-0.39, 0.29) is 6.04 Å². The number of rotatable bonds is 2. The molecule has 104 valence electrons. The zero-order valence-electron chi connectivity index (χ0n) is 11.3. The van der Waals surface area contributed by atoms with Crippen molar-refractivity contribution in [2.24, 2.45) is 0 Å². The van der Waals surface area contributed by atoms with Crippen LogP contribution in [0, 0.1) is 0 Å². The number of hydrogen-bond donors (Lipinski definition) is 2. The summed E-state index contributed by atoms with van der Waals surface area (Å²) in [6.07, 6.45) is 7.37. The SMILES string of the molecule is O=C([C@H]1CCCCN1)N1CCCC(c2ccn[nH]2)C1. The summed E-state index contributed by atoms with van der Waals surface area (Å²) < 4.78 is 0. The van der Waals surface area contributed by atoms with E-state index in [1.165, 1.54) is 12.8 Å². The Morgan fingerprint density at radius 2 is 2.26 bits per heavy atom. The number of carbonyl (C=O) groups is 1. The van der Waals surface area contributed by atoms with E-state index in [1.54, 1.807) is 6.20 Å². The van der Waals surface area contributed by atoms with Crippen molar-refractivity contribution >= 4 is 5.91 Å². The van der Waals surface area contributed by atoms with E-state index < -0.39 is 0 Å². The first-order valence-electron chi connectivity index (χ1n) is 7.36. The number of aromatic nitrogens is 2. The molecule has 2 saturated heterocycles. The van der Waals surface area contributed by atoms with E-state index in [9.17, 15) is 4.79 Å². The molecule has 2 atom stereocenters. The fourth-order valence-corrected chi connectivity index (χ4v) is 3.21. The van der Waals surface area contributed by atoms with Crippen LogP contribution in [0.25, 0.3) is 0 Å². The number of carbonyl (C=O) groups excluding carboxylic acids is 1. The summed E-state index contributed by atoms with van der Waals surface area (Å²) in [6.45, 7) is 2.72. The van der Waals surface area contributed by atoms with Gasteiger partial charge in [0.2, 0.25) is 5.91 Å². The Morgan fingerprint density at radius 3 is 3.00 bits per heavy atom. The Balaban J connectivity index is 1.62. The average Bonchev–Trinajstić information content (AvgIpc) is 3.02. The molecule has 5 nitrogen and oxygen atoms in total. The third-order valence-corrected chi connectivity index (χ3v) is 4.30. The molecule has 0 spiro atoms. The zero-order valence-corrected chi connectivity index (χ0v) is 11.3. The molecule has 5 heteroatoms. The Bertz CT molecular complexity index is 411. The maximum absolute atomic E-state index is 12.5. The second-order valence-corrected chi connectivity index (χ2v) is 5.64. The van der Waals surface area contributed by atoms with Crippen LogP contribution in [0.15, 0.2) is 12.3 Å². The van der Waals surface area contributed by atoms with E-state index in [0.717, 1.165) is 44.6 Å². The normalized spacial score (nSPS) is 28.3. The summed E-state index contributed by atoms with van der Waals surface area (Å²) >= 11 is 0. The standard InChI is InChI=1S/C14H22N4O/c19-14(13-5-1-2-7-15-13)18-9-3-4-11(10-18)12-6-8-16-17-12/h6,8,11,13,15H,1-5,7,9-10H2,(H,16,17)/t11?,13-/m1/s1. The van der Waals surface area contributed by atoms with Crippen molar-refractivity contribution in [1.82, 2.24) is 20.4 Å². The van der Waals surface area contributed by atoms with E-state index in [0.29, 0.717) is 11.8 Å². The van der Waals surface area contributed by atoms with Crippen molar-refractivity contribution in [3.05, 3.63) is 18.0 Å². The van der Waals surface area contributed by atoms with Crippen LogP contribution in [0.2, 0.25) is 0 Å². The quantitative estimate of drug-likeness (QED) is 0.843. The van der Waals surface area contributed by atoms with E-state index >= 15 is 0 Å². The molecule has 0 bridgehead atoms. The van der Waals surface area contributed by atoms with Gasteiger partial charge in [-0.05, 0) is 38.3 Å². The summed E-state index contributed by atoms with van der Waals surface area (Å²) in [7, 11) is 0. The van der Waals surface area contributed by atoms with Crippen molar-refractivity contribution in [3.8, 4) is 0 Å². The minimum atomic E-state index is 0.0502. The number of likely N-dealkylation sites (tertiary alicyclic amines) is 1. The third kappa shape index (κ3) is 2.81. The highest BCUT2D eigenvalue weighted by molar-refractivity contribution is 5.82. The first-order chi connectivity index (χ1) is 9.34. The van der Waals surface area contributed by atoms with Gasteiger partial charge in [0.25, 0.3) is 0 Å². The van der Waals surface area contributed by atoms with Gasteiger partial charge in [-0.2, -0.15) is 5.10 Å². The molecular formula is C14H22N4O. The van der Waals surface area contributed by atoms with Gasteiger partial charge in [-0.15, -0.1) is 0 Å². The predicted octanol–water partition coefficient (Wildman–Crippen LogP) is 1.26. The molecule has 0 aromatic carbocycles. The number of nitrogens with zero attached hydrogens (tertiary/aromatic N) is 2. The summed E-state index contributed by atoms with van der Waals surface area (Å²) in [5, 5.41) is 10.4. The van der Waals surface area contributed by atoms with Crippen molar-refractivity contribution in [2.45, 2.75) is 44.1 Å². The Kier molecular flexibility index (Phi) is 3.82. The lowest BCUT2D eigenvalue weighted by atomic mass is 9.93. The molecule has 0 aliphatic carbocycles. The zero-order chi connectivity index (χ0) is 13.1. The van der Waals surface area contributed by atoms with Gasteiger partial charge in [-0.1, -0.05) is 6.42 Å². The molecule has 19 heavy (non-hydrogen) atoms. The molecule has 2 aliphatic heterocycles. The Hall–Kier alpha value is -1.36. The van der Waals surface area contributed by atoms with Crippen LogP contribution in [0.1, 0.15) is 43.7 Å². The average molecular weight is 262 g/mol. The fourth-order valence-electron chi connectivity index (χ4n) is 3.21. The fraction of sp³-hybridized carbons (Fsp3) is 0.714. The predicted molar refractivity (Wildman–Crippen MR) is 72.8 cm³/mol. The summed E-state index contributed by atoms with van der Waals surface area (Å²) in [6, 6.07) is 2.08. The minimum absolute atomic E-state index is 0.0502. The van der Waals surface area contributed by atoms with Crippen molar-refractivity contribution in [1.29, 1.82) is 0 Å². The molecule has 1 aromatic heterocycles. The second-order valence-electron chi connectivity index (χ2n) is 5.64. The van der Waals surface area contributed by atoms with Crippen LogP contribution in [0.5, 0.6) is 0 Å². The van der Waals surface area contributed by atoms with Gasteiger partial charge in [0.15, 0.2) is 0 Å². The van der Waals surface area contributed by atoms with Gasteiger partial charge in [-0.25, -0.2) is 0 Å². The van der Waals surface area contributed by atoms with Gasteiger partial charge >= 0.3 is 0 Å². The van der Waals surface area contributed by atoms with Crippen LogP contribution in [-0.2, 0) is 4.79 Å². The number of piperidine rings is 2. The molecule has 1 unspecified atom stereocenters. The Morgan fingerprint density at radius 1 is 1.32 bits per heavy atom. The molecule has 0 radical (unpaired) electrons. The first-order valence-corrected chi connectivity index (χ1v) is 7.36. The highest BCUT2D eigenvalue weighted by Crippen LogP contribution is 2.26. The van der Waals surface area contributed by atoms with Gasteiger partial charge in [0, 0.05) is 30.9 Å². The van der Waals surface area contributed by atoms with Gasteiger partial charge < -0.3 is 10.2 Å². The third-order valence-electron chi connectivity index (χ3n) is 4.30. The van der Waals surface area contributed by atoms with E-state index in [4.69, 9.17) is 0 Å². The molecule has 2 fully saturated rings. The van der Waals surface area contributed by atoms with Crippen LogP contribution in [0.3, 0.4) is 0 Å². The summed E-state index contributed by atoms with van der Waals surface area (Å²) in [5.41, 5.74) is 1.16. The van der Waals surface area contributed by atoms with Gasteiger partial charge in [0.05, 0.1) is 6.04 Å². The number of nitrogens with one attached hydrogen (secondary N) is 2. The topological polar surface area (TPSA) is 61.0 Å². The summed E-state index contributed by atoms with van der Waals surface area (Å²) in [4.78, 5) is 14.5. The van der Waals surface area contributed by atoms with Gasteiger partial charge in [0.1, 0.15) is 0 Å². The van der Waals surface area contributed by atoms with Crippen LogP contribution in [0.4, 0.5) is 0 Å². The lowest BCUT2D eigenvalue weighted by molar-refractivity contribution is -0.135. The number of amides is 1. The molecule has 1 aromatic rings. The van der Waals surface area contributed by atoms with E-state index in [2.05, 4.69) is 15.5 Å². The Labute approximate surface area is 113 Å². The van der Waals surface area contributed by atoms with Gasteiger partial charge in [-0.3, -0.25) is 9.89 Å². The van der Waals surface area contributed by atoms with Crippen molar-refractivity contribution < 1.29 is 4.79 Å². The van der Waals surface area contributed by atoms with Crippen molar-refractivity contribution in [2.75, 3.05) is 19.6 Å². The maximum Gasteiger partial charge on any atom is 0.239 e. The number of aromatic amines is 1. The highest BCUT2D eigenvalue weighted by Gasteiger charge is 2.30. The van der Waals surface area contributed by atoms with Crippen LogP contribution in [-0.4, -0.2) is 46.7 Å². The van der Waals surface area contributed by atoms with Crippen molar-refractivity contribution in [3.63, 3.8) is 0 Å². The lowest BCUT2D eigenvalue weighted by Crippen LogP contribution is -2.51. The smallest absolute Gasteiger partial charge is 0.239 e. The molecule has 2 N–H and O–H groups in total. The molecule has 1 amide bonds. The number of hydrogen-bond acceptors (Lipinski definition) is 3. The molecule has 0 saturated carbocycles. The highest BCUT2D eigenvalue weighted by atomic mass is 16.2. The largest absolute Gasteiger partial charge is 0.341 e. The van der Waals surface area contributed by atoms with E-state index in [1.807, 2.05) is 11.0 Å².